The summed E-state index contributed by atoms with van der Waals surface area (Å²) < 4.78 is 10.3. The molecule has 154 valence electrons. The van der Waals surface area contributed by atoms with Gasteiger partial charge in [-0.1, -0.05) is 12.1 Å². The van der Waals surface area contributed by atoms with Crippen LogP contribution in [0.1, 0.15) is 22.8 Å². The monoisotopic (exact) mass is 408 g/mol. The molecule has 30 heavy (non-hydrogen) atoms. The van der Waals surface area contributed by atoms with Crippen molar-refractivity contribution in [1.82, 2.24) is 9.97 Å². The van der Waals surface area contributed by atoms with Gasteiger partial charge in [-0.25, -0.2) is 9.78 Å². The average molecular weight is 408 g/mol. The number of aryl methyl sites for hydroxylation is 1. The van der Waals surface area contributed by atoms with Crippen molar-refractivity contribution in [2.24, 2.45) is 0 Å². The zero-order valence-corrected chi connectivity index (χ0v) is 16.7. The highest BCUT2D eigenvalue weighted by Crippen LogP contribution is 2.38. The molecule has 0 N–H and O–H groups in total. The highest BCUT2D eigenvalue weighted by molar-refractivity contribution is 5.89. The van der Waals surface area contributed by atoms with Crippen LogP contribution in [0.3, 0.4) is 0 Å². The Bertz CT molecular complexity index is 1070. The van der Waals surface area contributed by atoms with Crippen LogP contribution >= 0.6 is 0 Å². The summed E-state index contributed by atoms with van der Waals surface area (Å²) in [7, 11) is 1.28. The van der Waals surface area contributed by atoms with Crippen LogP contribution in [-0.4, -0.2) is 34.5 Å². The van der Waals surface area contributed by atoms with Crippen molar-refractivity contribution in [2.75, 3.05) is 18.6 Å². The Labute approximate surface area is 173 Å². The third-order valence-electron chi connectivity index (χ3n) is 4.33. The zero-order chi connectivity index (χ0) is 21.7. The molecule has 3 rings (SSSR count). The number of aromatic nitrogens is 2. The molecule has 0 saturated carbocycles. The smallest absolute Gasteiger partial charge is 0.373 e. The van der Waals surface area contributed by atoms with Gasteiger partial charge in [-0.2, -0.15) is 4.98 Å². The first-order valence-corrected chi connectivity index (χ1v) is 9.14. The normalized spacial score (nSPS) is 10.4. The molecule has 2 aromatic carbocycles. The molecule has 0 unspecified atom stereocenters. The summed E-state index contributed by atoms with van der Waals surface area (Å²) in [6.45, 7) is 4.27. The Kier molecular flexibility index (Phi) is 6.21. The van der Waals surface area contributed by atoms with E-state index < -0.39 is 10.9 Å². The maximum absolute atomic E-state index is 11.9. The second kappa shape index (κ2) is 8.99. The Hall–Kier alpha value is -4.01. The van der Waals surface area contributed by atoms with Crippen LogP contribution in [0.2, 0.25) is 0 Å². The lowest BCUT2D eigenvalue weighted by molar-refractivity contribution is -0.385. The minimum absolute atomic E-state index is 0.129. The zero-order valence-electron chi connectivity index (χ0n) is 16.7. The summed E-state index contributed by atoms with van der Waals surface area (Å²) in [5.74, 6) is -0.270. The minimum Gasteiger partial charge on any atom is -0.465 e. The van der Waals surface area contributed by atoms with Gasteiger partial charge in [0.2, 0.25) is 5.82 Å². The maximum Gasteiger partial charge on any atom is 0.373 e. The van der Waals surface area contributed by atoms with Crippen molar-refractivity contribution in [1.29, 1.82) is 0 Å². The van der Waals surface area contributed by atoms with Crippen LogP contribution < -0.4 is 9.64 Å². The van der Waals surface area contributed by atoms with Gasteiger partial charge in [-0.05, 0) is 55.8 Å². The number of anilines is 2. The van der Waals surface area contributed by atoms with E-state index in [0.717, 1.165) is 11.3 Å². The van der Waals surface area contributed by atoms with E-state index in [1.54, 1.807) is 4.90 Å². The first-order chi connectivity index (χ1) is 14.4. The van der Waals surface area contributed by atoms with Crippen LogP contribution in [0.25, 0.3) is 0 Å². The molecular weight excluding hydrogens is 388 g/mol. The molecule has 3 aromatic rings. The molecule has 1 heterocycles. The number of methoxy groups -OCH3 is 1. The number of nitro groups is 1. The summed E-state index contributed by atoms with van der Waals surface area (Å²) in [5.41, 5.74) is 1.77. The standard InChI is InChI=1S/C21H20N4O5/c1-4-24(16-7-5-6-14(2)12-16)19-18(25(27)28)20(23-13-22-19)30-17-10-8-15(9-11-17)21(26)29-3/h5-13H,4H2,1-3H3. The molecule has 9 heteroatoms. The molecule has 1 aromatic heterocycles. The first kappa shape index (κ1) is 20.7. The number of nitrogens with zero attached hydrogens (tertiary/aromatic N) is 4. The van der Waals surface area contributed by atoms with Crippen molar-refractivity contribution >= 4 is 23.2 Å². The number of hydrogen-bond donors (Lipinski definition) is 0. The number of hydrogen-bond acceptors (Lipinski definition) is 8. The summed E-state index contributed by atoms with van der Waals surface area (Å²) in [6, 6.07) is 13.6. The van der Waals surface area contributed by atoms with E-state index in [9.17, 15) is 14.9 Å². The van der Waals surface area contributed by atoms with Crippen molar-refractivity contribution < 1.29 is 19.2 Å². The first-order valence-electron chi connectivity index (χ1n) is 9.14. The molecule has 0 saturated heterocycles. The Balaban J connectivity index is 2.00. The van der Waals surface area contributed by atoms with Crippen LogP contribution in [0.15, 0.2) is 54.9 Å². The van der Waals surface area contributed by atoms with E-state index in [1.807, 2.05) is 38.1 Å². The van der Waals surface area contributed by atoms with Gasteiger partial charge in [-0.3, -0.25) is 10.1 Å². The van der Waals surface area contributed by atoms with Gasteiger partial charge in [0.15, 0.2) is 0 Å². The van der Waals surface area contributed by atoms with Crippen LogP contribution in [-0.2, 0) is 4.74 Å². The van der Waals surface area contributed by atoms with Crippen LogP contribution in [0.5, 0.6) is 11.6 Å². The van der Waals surface area contributed by atoms with Gasteiger partial charge in [0.1, 0.15) is 12.1 Å². The van der Waals surface area contributed by atoms with Gasteiger partial charge in [0, 0.05) is 12.2 Å². The molecule has 0 aliphatic heterocycles. The van der Waals surface area contributed by atoms with Crippen LogP contribution in [0.4, 0.5) is 17.2 Å². The number of carbonyl (C=O) groups excluding carboxylic acids is 1. The number of rotatable bonds is 7. The summed E-state index contributed by atoms with van der Waals surface area (Å²) in [5, 5.41) is 11.9. The lowest BCUT2D eigenvalue weighted by atomic mass is 10.2. The summed E-state index contributed by atoms with van der Waals surface area (Å²) >= 11 is 0. The number of carbonyl (C=O) groups is 1. The molecule has 0 fully saturated rings. The van der Waals surface area contributed by atoms with E-state index in [2.05, 4.69) is 14.7 Å². The van der Waals surface area contributed by atoms with Crippen molar-refractivity contribution in [3.8, 4) is 11.6 Å². The van der Waals surface area contributed by atoms with Crippen molar-refractivity contribution in [3.05, 3.63) is 76.1 Å². The lowest BCUT2D eigenvalue weighted by Crippen LogP contribution is -2.19. The third kappa shape index (κ3) is 4.35. The Morgan fingerprint density at radius 1 is 1.17 bits per heavy atom. The SMILES string of the molecule is CCN(c1cccc(C)c1)c1ncnc(Oc2ccc(C(=O)OC)cc2)c1[N+](=O)[O-]. The maximum atomic E-state index is 11.9. The quantitative estimate of drug-likeness (QED) is 0.321. The highest BCUT2D eigenvalue weighted by atomic mass is 16.6. The fraction of sp³-hybridized carbons (Fsp3) is 0.190. The molecule has 0 atom stereocenters. The molecule has 0 aliphatic rings. The predicted octanol–water partition coefficient (Wildman–Crippen LogP) is 4.43. The van der Waals surface area contributed by atoms with Gasteiger partial charge in [0.25, 0.3) is 0 Å². The highest BCUT2D eigenvalue weighted by Gasteiger charge is 2.29. The van der Waals surface area contributed by atoms with Gasteiger partial charge < -0.3 is 14.4 Å². The van der Waals surface area contributed by atoms with E-state index in [1.165, 1.54) is 37.7 Å². The van der Waals surface area contributed by atoms with E-state index in [4.69, 9.17) is 4.74 Å². The van der Waals surface area contributed by atoms with Crippen molar-refractivity contribution in [2.45, 2.75) is 13.8 Å². The third-order valence-corrected chi connectivity index (χ3v) is 4.33. The topological polar surface area (TPSA) is 108 Å². The Morgan fingerprint density at radius 2 is 1.90 bits per heavy atom. The second-order valence-corrected chi connectivity index (χ2v) is 6.31. The van der Waals surface area contributed by atoms with Crippen LogP contribution in [0, 0.1) is 17.0 Å². The lowest BCUT2D eigenvalue weighted by Gasteiger charge is -2.22. The largest absolute Gasteiger partial charge is 0.465 e. The fourth-order valence-corrected chi connectivity index (χ4v) is 2.92. The summed E-state index contributed by atoms with van der Waals surface area (Å²) in [6.07, 6.45) is 1.22. The molecule has 0 bridgehead atoms. The fourth-order valence-electron chi connectivity index (χ4n) is 2.92. The number of ether oxygens (including phenoxy) is 2. The Morgan fingerprint density at radius 3 is 2.50 bits per heavy atom. The van der Waals surface area contributed by atoms with Crippen molar-refractivity contribution in [3.63, 3.8) is 0 Å². The number of benzene rings is 2. The van der Waals surface area contributed by atoms with Gasteiger partial charge in [0.05, 0.1) is 17.6 Å². The predicted molar refractivity (Wildman–Crippen MR) is 110 cm³/mol. The van der Waals surface area contributed by atoms with E-state index >= 15 is 0 Å². The summed E-state index contributed by atoms with van der Waals surface area (Å²) in [4.78, 5) is 32.7. The molecule has 0 radical (unpaired) electrons. The van der Waals surface area contributed by atoms with E-state index in [-0.39, 0.29) is 23.1 Å². The molecule has 0 spiro atoms. The average Bonchev–Trinajstić information content (AvgIpc) is 2.74. The molecule has 0 aliphatic carbocycles. The number of esters is 1. The minimum atomic E-state index is -0.564. The van der Waals surface area contributed by atoms with E-state index in [0.29, 0.717) is 12.1 Å². The second-order valence-electron chi connectivity index (χ2n) is 6.31. The molecule has 0 amide bonds. The van der Waals surface area contributed by atoms with Gasteiger partial charge >= 0.3 is 17.5 Å². The van der Waals surface area contributed by atoms with Gasteiger partial charge in [-0.15, -0.1) is 0 Å². The molecular formula is C21H20N4O5. The molecule has 9 nitrogen and oxygen atoms in total.